The molecule has 2 rings (SSSR count). The van der Waals surface area contributed by atoms with Crippen molar-refractivity contribution >= 4 is 11.8 Å². The summed E-state index contributed by atoms with van der Waals surface area (Å²) in [7, 11) is 0. The van der Waals surface area contributed by atoms with E-state index in [1.54, 1.807) is 17.0 Å². The van der Waals surface area contributed by atoms with E-state index < -0.39 is 0 Å². The van der Waals surface area contributed by atoms with Gasteiger partial charge in [0.25, 0.3) is 5.91 Å². The summed E-state index contributed by atoms with van der Waals surface area (Å²) in [5, 5.41) is 2.93. The molecule has 0 aliphatic carbocycles. The van der Waals surface area contributed by atoms with Crippen LogP contribution in [0.4, 0.5) is 0 Å². The van der Waals surface area contributed by atoms with Crippen molar-refractivity contribution < 1.29 is 18.7 Å². The highest BCUT2D eigenvalue weighted by molar-refractivity contribution is 5.92. The van der Waals surface area contributed by atoms with Crippen molar-refractivity contribution in [2.24, 2.45) is 5.92 Å². The second-order valence-electron chi connectivity index (χ2n) is 5.41. The van der Waals surface area contributed by atoms with Gasteiger partial charge in [-0.1, -0.05) is 0 Å². The summed E-state index contributed by atoms with van der Waals surface area (Å²) in [5.41, 5.74) is 0. The van der Waals surface area contributed by atoms with Crippen LogP contribution in [0.25, 0.3) is 0 Å². The summed E-state index contributed by atoms with van der Waals surface area (Å²) in [5.74, 6) is 0.0739. The van der Waals surface area contributed by atoms with Crippen molar-refractivity contribution in [3.63, 3.8) is 0 Å². The fourth-order valence-electron chi connectivity index (χ4n) is 2.61. The zero-order chi connectivity index (χ0) is 15.8. The molecule has 0 aromatic carbocycles. The highest BCUT2D eigenvalue weighted by Gasteiger charge is 2.29. The summed E-state index contributed by atoms with van der Waals surface area (Å²) >= 11 is 0. The summed E-state index contributed by atoms with van der Waals surface area (Å²) in [6.45, 7) is 5.04. The fraction of sp³-hybridized carbons (Fsp3) is 0.625. The molecule has 0 saturated carbocycles. The predicted molar refractivity (Wildman–Crippen MR) is 81.5 cm³/mol. The molecule has 1 aromatic rings. The van der Waals surface area contributed by atoms with Gasteiger partial charge in [0, 0.05) is 32.8 Å². The Morgan fingerprint density at radius 2 is 2.36 bits per heavy atom. The molecule has 1 aliphatic heterocycles. The molecule has 0 radical (unpaired) electrons. The Hall–Kier alpha value is -1.82. The van der Waals surface area contributed by atoms with E-state index in [9.17, 15) is 9.59 Å². The number of hydrogen-bond donors (Lipinski definition) is 1. The Balaban J connectivity index is 1.77. The standard InChI is InChI=1S/C16H24N2O4/c1-2-21-10-5-8-17-15(19)13-6-3-9-18(12-13)16(20)14-7-4-11-22-14/h4,7,11,13H,2-3,5-6,8-10,12H2,1H3,(H,17,19)/t13-/m0/s1. The van der Waals surface area contributed by atoms with Gasteiger partial charge in [-0.25, -0.2) is 0 Å². The van der Waals surface area contributed by atoms with Crippen LogP contribution >= 0.6 is 0 Å². The van der Waals surface area contributed by atoms with Gasteiger partial charge in [-0.2, -0.15) is 0 Å². The lowest BCUT2D eigenvalue weighted by atomic mass is 9.97. The van der Waals surface area contributed by atoms with Crippen molar-refractivity contribution in [1.82, 2.24) is 10.2 Å². The molecule has 1 fully saturated rings. The third-order valence-corrected chi connectivity index (χ3v) is 3.78. The zero-order valence-electron chi connectivity index (χ0n) is 13.0. The maximum absolute atomic E-state index is 12.2. The maximum Gasteiger partial charge on any atom is 0.289 e. The monoisotopic (exact) mass is 308 g/mol. The van der Waals surface area contributed by atoms with Crippen LogP contribution in [0.5, 0.6) is 0 Å². The molecule has 1 N–H and O–H groups in total. The molecule has 0 unspecified atom stereocenters. The van der Waals surface area contributed by atoms with E-state index in [1.807, 2.05) is 6.92 Å². The van der Waals surface area contributed by atoms with Gasteiger partial charge in [-0.15, -0.1) is 0 Å². The normalized spacial score (nSPS) is 18.2. The van der Waals surface area contributed by atoms with Crippen molar-refractivity contribution in [2.45, 2.75) is 26.2 Å². The second-order valence-corrected chi connectivity index (χ2v) is 5.41. The minimum atomic E-state index is -0.140. The molecule has 2 heterocycles. The molecule has 0 spiro atoms. The van der Waals surface area contributed by atoms with Crippen LogP contribution in [-0.2, 0) is 9.53 Å². The van der Waals surface area contributed by atoms with E-state index in [-0.39, 0.29) is 17.7 Å². The van der Waals surface area contributed by atoms with Gasteiger partial charge in [-0.05, 0) is 38.3 Å². The number of nitrogens with zero attached hydrogens (tertiary/aromatic N) is 1. The molecule has 1 aliphatic rings. The third kappa shape index (κ3) is 4.59. The van der Waals surface area contributed by atoms with Gasteiger partial charge in [0.05, 0.1) is 12.2 Å². The largest absolute Gasteiger partial charge is 0.459 e. The summed E-state index contributed by atoms with van der Waals surface area (Å²) in [6, 6.07) is 3.35. The number of hydrogen-bond acceptors (Lipinski definition) is 4. The first-order valence-electron chi connectivity index (χ1n) is 7.90. The van der Waals surface area contributed by atoms with Crippen LogP contribution in [-0.4, -0.2) is 49.6 Å². The van der Waals surface area contributed by atoms with Crippen molar-refractivity contribution in [3.05, 3.63) is 24.2 Å². The van der Waals surface area contributed by atoms with Crippen LogP contribution in [0.15, 0.2) is 22.8 Å². The van der Waals surface area contributed by atoms with Crippen LogP contribution in [0.2, 0.25) is 0 Å². The van der Waals surface area contributed by atoms with Crippen LogP contribution < -0.4 is 5.32 Å². The van der Waals surface area contributed by atoms with Gasteiger partial charge < -0.3 is 19.4 Å². The van der Waals surface area contributed by atoms with Gasteiger partial charge in [-0.3, -0.25) is 9.59 Å². The van der Waals surface area contributed by atoms with E-state index in [0.717, 1.165) is 19.3 Å². The molecule has 1 atom stereocenters. The average Bonchev–Trinajstić information content (AvgIpc) is 3.08. The number of likely N-dealkylation sites (tertiary alicyclic amines) is 1. The lowest BCUT2D eigenvalue weighted by Crippen LogP contribution is -2.45. The van der Waals surface area contributed by atoms with E-state index in [0.29, 0.717) is 38.6 Å². The van der Waals surface area contributed by atoms with Crippen molar-refractivity contribution in [2.75, 3.05) is 32.8 Å². The van der Waals surface area contributed by atoms with E-state index in [2.05, 4.69) is 5.32 Å². The summed E-state index contributed by atoms with van der Waals surface area (Å²) in [4.78, 5) is 26.1. The summed E-state index contributed by atoms with van der Waals surface area (Å²) in [6.07, 6.45) is 3.95. The maximum atomic E-state index is 12.2. The van der Waals surface area contributed by atoms with Gasteiger partial charge in [0.15, 0.2) is 5.76 Å². The molecule has 2 amide bonds. The Morgan fingerprint density at radius 3 is 3.09 bits per heavy atom. The summed E-state index contributed by atoms with van der Waals surface area (Å²) < 4.78 is 10.4. The lowest BCUT2D eigenvalue weighted by molar-refractivity contribution is -0.126. The quantitative estimate of drug-likeness (QED) is 0.778. The average molecular weight is 308 g/mol. The molecule has 1 saturated heterocycles. The number of furan rings is 1. The first-order valence-corrected chi connectivity index (χ1v) is 7.90. The first-order chi connectivity index (χ1) is 10.7. The van der Waals surface area contributed by atoms with Gasteiger partial charge in [0.2, 0.25) is 5.91 Å². The van der Waals surface area contributed by atoms with Crippen molar-refractivity contribution in [1.29, 1.82) is 0 Å². The molecule has 1 aromatic heterocycles. The molecule has 6 nitrogen and oxygen atoms in total. The lowest BCUT2D eigenvalue weighted by Gasteiger charge is -2.31. The Bertz CT molecular complexity index is 473. The predicted octanol–water partition coefficient (Wildman–Crippen LogP) is 1.67. The van der Waals surface area contributed by atoms with E-state index in [4.69, 9.17) is 9.15 Å². The number of nitrogens with one attached hydrogen (secondary N) is 1. The number of carbonyl (C=O) groups excluding carboxylic acids is 2. The number of ether oxygens (including phenoxy) is 1. The first kappa shape index (κ1) is 16.5. The highest BCUT2D eigenvalue weighted by atomic mass is 16.5. The second kappa shape index (κ2) is 8.58. The van der Waals surface area contributed by atoms with Crippen LogP contribution in [0.1, 0.15) is 36.7 Å². The number of piperidine rings is 1. The number of amides is 2. The van der Waals surface area contributed by atoms with Gasteiger partial charge in [0.1, 0.15) is 0 Å². The van der Waals surface area contributed by atoms with E-state index in [1.165, 1.54) is 6.26 Å². The molecule has 22 heavy (non-hydrogen) atoms. The molecule has 6 heteroatoms. The van der Waals surface area contributed by atoms with Crippen LogP contribution in [0.3, 0.4) is 0 Å². The zero-order valence-corrected chi connectivity index (χ0v) is 13.0. The fourth-order valence-corrected chi connectivity index (χ4v) is 2.61. The Morgan fingerprint density at radius 1 is 1.50 bits per heavy atom. The number of carbonyl (C=O) groups is 2. The smallest absolute Gasteiger partial charge is 0.289 e. The van der Waals surface area contributed by atoms with Crippen molar-refractivity contribution in [3.8, 4) is 0 Å². The molecule has 122 valence electrons. The Labute approximate surface area is 130 Å². The molecule has 0 bridgehead atoms. The minimum absolute atomic E-state index is 0.0217. The molecular formula is C16H24N2O4. The third-order valence-electron chi connectivity index (χ3n) is 3.78. The van der Waals surface area contributed by atoms with E-state index >= 15 is 0 Å². The highest BCUT2D eigenvalue weighted by Crippen LogP contribution is 2.19. The molecular weight excluding hydrogens is 284 g/mol. The minimum Gasteiger partial charge on any atom is -0.459 e. The SMILES string of the molecule is CCOCCCNC(=O)[C@H]1CCCN(C(=O)c2ccco2)C1. The van der Waals surface area contributed by atoms with Crippen LogP contribution in [0, 0.1) is 5.92 Å². The number of rotatable bonds is 7. The van der Waals surface area contributed by atoms with Gasteiger partial charge >= 0.3 is 0 Å². The topological polar surface area (TPSA) is 71.8 Å². The Kier molecular flexibility index (Phi) is 6.45.